The number of rotatable bonds is 2. The average molecular weight is 617 g/mol. The molecule has 0 atom stereocenters. The van der Waals surface area contributed by atoms with E-state index in [0.29, 0.717) is 28.9 Å². The fraction of sp³-hybridized carbons (Fsp3) is 0. The minimum Gasteiger partial charge on any atom is -0.447 e. The lowest BCUT2D eigenvalue weighted by Gasteiger charge is -2.25. The van der Waals surface area contributed by atoms with Crippen molar-refractivity contribution in [3.8, 4) is 51.3 Å². The fourth-order valence-corrected chi connectivity index (χ4v) is 7.47. The number of aromatic nitrogens is 3. The van der Waals surface area contributed by atoms with Crippen LogP contribution in [0.3, 0.4) is 0 Å². The molecule has 7 aromatic carbocycles. The van der Waals surface area contributed by atoms with Gasteiger partial charge in [0.2, 0.25) is 5.95 Å². The van der Waals surface area contributed by atoms with Crippen LogP contribution >= 0.6 is 0 Å². The number of ether oxygens (including phenoxy) is 2. The molecule has 2 aromatic heterocycles. The van der Waals surface area contributed by atoms with Crippen LogP contribution in [0.4, 0.5) is 11.4 Å². The van der Waals surface area contributed by atoms with Crippen LogP contribution in [0.1, 0.15) is 0 Å². The predicted octanol–water partition coefficient (Wildman–Crippen LogP) is 11.2. The molecule has 0 amide bonds. The van der Waals surface area contributed by atoms with Crippen molar-refractivity contribution in [1.29, 1.82) is 0 Å². The van der Waals surface area contributed by atoms with Gasteiger partial charge in [0, 0.05) is 38.4 Å². The van der Waals surface area contributed by atoms with Gasteiger partial charge >= 0.3 is 0 Å². The molecule has 6 nitrogen and oxygen atoms in total. The van der Waals surface area contributed by atoms with E-state index < -0.39 is 0 Å². The summed E-state index contributed by atoms with van der Waals surface area (Å²) in [4.78, 5) is 10.5. The van der Waals surface area contributed by atoms with Crippen LogP contribution in [-0.2, 0) is 0 Å². The standard InChI is InChI=1S/C42H24N4O2/c1-2-11-25(12-3-1)37-29-16-5-8-19-32(29)44-42(45-37)46-34-20-9-6-15-27(34)30-23-33-39-41(38(30)46)47-35-22-21-24-13-10-17-28(36(24)40(35)48-39)26-14-4-7-18-31(26)43-33/h1-23,43H. The second-order valence-electron chi connectivity index (χ2n) is 12.3. The van der Waals surface area contributed by atoms with E-state index >= 15 is 0 Å². The Hall–Kier alpha value is -6.66. The van der Waals surface area contributed by atoms with Gasteiger partial charge in [0.1, 0.15) is 5.52 Å². The van der Waals surface area contributed by atoms with Gasteiger partial charge < -0.3 is 14.8 Å². The molecule has 2 aliphatic heterocycles. The summed E-state index contributed by atoms with van der Waals surface area (Å²) in [6.45, 7) is 0. The van der Waals surface area contributed by atoms with Crippen molar-refractivity contribution >= 4 is 54.9 Å². The minimum atomic E-state index is 0.562. The lowest BCUT2D eigenvalue weighted by Crippen LogP contribution is -2.07. The van der Waals surface area contributed by atoms with Gasteiger partial charge in [0.25, 0.3) is 0 Å². The first-order valence-corrected chi connectivity index (χ1v) is 16.0. The Morgan fingerprint density at radius 2 is 1.33 bits per heavy atom. The molecule has 4 heterocycles. The molecule has 11 rings (SSSR count). The number of para-hydroxylation sites is 3. The summed E-state index contributed by atoms with van der Waals surface area (Å²) in [5, 5.41) is 8.92. The molecule has 48 heavy (non-hydrogen) atoms. The Labute approximate surface area is 274 Å². The molecule has 6 heteroatoms. The molecule has 1 N–H and O–H groups in total. The van der Waals surface area contributed by atoms with E-state index in [9.17, 15) is 0 Å². The molecule has 0 fully saturated rings. The molecule has 0 unspecified atom stereocenters. The SMILES string of the molecule is c1ccc(-c2nc(-n3c4ccccc4c4cc5c6c(c43)Oc3ccc4cccc(c4c3O6)-c3ccccc3N5)nc3ccccc23)cc1. The zero-order chi connectivity index (χ0) is 31.3. The number of anilines is 2. The van der Waals surface area contributed by atoms with Crippen LogP contribution in [0.15, 0.2) is 140 Å². The largest absolute Gasteiger partial charge is 0.447 e. The summed E-state index contributed by atoms with van der Waals surface area (Å²) in [5.41, 5.74) is 8.59. The van der Waals surface area contributed by atoms with Gasteiger partial charge in [-0.15, -0.1) is 0 Å². The minimum absolute atomic E-state index is 0.562. The molecule has 0 saturated carbocycles. The zero-order valence-corrected chi connectivity index (χ0v) is 25.4. The second-order valence-corrected chi connectivity index (χ2v) is 12.3. The second kappa shape index (κ2) is 9.44. The molecule has 0 radical (unpaired) electrons. The lowest BCUT2D eigenvalue weighted by atomic mass is 9.96. The Morgan fingerprint density at radius 1 is 0.542 bits per heavy atom. The van der Waals surface area contributed by atoms with Crippen molar-refractivity contribution in [2.75, 3.05) is 5.32 Å². The van der Waals surface area contributed by atoms with Gasteiger partial charge in [-0.1, -0.05) is 109 Å². The summed E-state index contributed by atoms with van der Waals surface area (Å²) < 4.78 is 16.1. The number of nitrogens with zero attached hydrogens (tertiary/aromatic N) is 3. The molecule has 0 aliphatic carbocycles. The summed E-state index contributed by atoms with van der Waals surface area (Å²) in [7, 11) is 0. The number of hydrogen-bond acceptors (Lipinski definition) is 5. The third-order valence-corrected chi connectivity index (χ3v) is 9.57. The first-order valence-electron chi connectivity index (χ1n) is 16.0. The Bertz CT molecular complexity index is 2820. The van der Waals surface area contributed by atoms with Gasteiger partial charge in [0.05, 0.1) is 22.4 Å². The van der Waals surface area contributed by atoms with Crippen LogP contribution < -0.4 is 14.8 Å². The summed E-state index contributed by atoms with van der Waals surface area (Å²) in [6, 6.07) is 47.9. The van der Waals surface area contributed by atoms with E-state index in [-0.39, 0.29) is 0 Å². The molecular weight excluding hydrogens is 592 g/mol. The quantitative estimate of drug-likeness (QED) is 0.209. The number of hydrogen-bond donors (Lipinski definition) is 1. The van der Waals surface area contributed by atoms with Crippen molar-refractivity contribution in [3.63, 3.8) is 0 Å². The fourth-order valence-electron chi connectivity index (χ4n) is 7.47. The first-order chi connectivity index (χ1) is 23.8. The Kier molecular flexibility index (Phi) is 5.02. The number of fused-ring (bicyclic) bond motifs is 7. The van der Waals surface area contributed by atoms with Crippen molar-refractivity contribution in [2.45, 2.75) is 0 Å². The maximum Gasteiger partial charge on any atom is 0.235 e. The maximum absolute atomic E-state index is 6.98. The van der Waals surface area contributed by atoms with E-state index in [4.69, 9.17) is 19.4 Å². The van der Waals surface area contributed by atoms with Crippen LogP contribution in [0.5, 0.6) is 23.0 Å². The average Bonchev–Trinajstić information content (AvgIpc) is 3.50. The molecule has 9 aromatic rings. The van der Waals surface area contributed by atoms with Crippen molar-refractivity contribution in [1.82, 2.24) is 14.5 Å². The molecule has 224 valence electrons. The Balaban J connectivity index is 1.27. The van der Waals surface area contributed by atoms with Gasteiger partial charge in [-0.2, -0.15) is 0 Å². The Morgan fingerprint density at radius 3 is 2.27 bits per heavy atom. The van der Waals surface area contributed by atoms with E-state index in [1.165, 1.54) is 0 Å². The van der Waals surface area contributed by atoms with Gasteiger partial charge in [0.15, 0.2) is 23.0 Å². The van der Waals surface area contributed by atoms with E-state index in [0.717, 1.165) is 77.2 Å². The lowest BCUT2D eigenvalue weighted by molar-refractivity contribution is 0.367. The summed E-state index contributed by atoms with van der Waals surface area (Å²) >= 11 is 0. The smallest absolute Gasteiger partial charge is 0.235 e. The van der Waals surface area contributed by atoms with Gasteiger partial charge in [-0.3, -0.25) is 4.57 Å². The van der Waals surface area contributed by atoms with E-state index in [1.54, 1.807) is 0 Å². The normalized spacial score (nSPS) is 12.7. The van der Waals surface area contributed by atoms with Crippen LogP contribution in [0.2, 0.25) is 0 Å². The third kappa shape index (κ3) is 3.46. The van der Waals surface area contributed by atoms with E-state index in [1.807, 2.05) is 42.5 Å². The van der Waals surface area contributed by atoms with Gasteiger partial charge in [-0.25, -0.2) is 9.97 Å². The van der Waals surface area contributed by atoms with Gasteiger partial charge in [-0.05, 0) is 41.3 Å². The predicted molar refractivity (Wildman–Crippen MR) is 192 cm³/mol. The highest BCUT2D eigenvalue weighted by Crippen LogP contribution is 2.58. The highest BCUT2D eigenvalue weighted by atomic mass is 16.6. The van der Waals surface area contributed by atoms with Crippen molar-refractivity contribution in [2.24, 2.45) is 0 Å². The van der Waals surface area contributed by atoms with E-state index in [2.05, 4.69) is 107 Å². The third-order valence-electron chi connectivity index (χ3n) is 9.57. The van der Waals surface area contributed by atoms with Crippen LogP contribution in [0, 0.1) is 0 Å². The first kappa shape index (κ1) is 25.5. The molecular formula is C42H24N4O2. The number of nitrogens with one attached hydrogen (secondary N) is 1. The maximum atomic E-state index is 6.98. The molecule has 0 saturated heterocycles. The van der Waals surface area contributed by atoms with Crippen molar-refractivity contribution in [3.05, 3.63) is 140 Å². The number of benzene rings is 7. The molecule has 2 bridgehead atoms. The van der Waals surface area contributed by atoms with Crippen molar-refractivity contribution < 1.29 is 9.47 Å². The van der Waals surface area contributed by atoms with Crippen LogP contribution in [-0.4, -0.2) is 14.5 Å². The van der Waals surface area contributed by atoms with Crippen LogP contribution in [0.25, 0.3) is 71.8 Å². The molecule has 2 aliphatic rings. The molecule has 0 spiro atoms. The zero-order valence-electron chi connectivity index (χ0n) is 25.4. The highest BCUT2D eigenvalue weighted by molar-refractivity contribution is 6.15. The monoisotopic (exact) mass is 616 g/mol. The topological polar surface area (TPSA) is 61.2 Å². The highest BCUT2D eigenvalue weighted by Gasteiger charge is 2.32. The summed E-state index contributed by atoms with van der Waals surface area (Å²) in [5.74, 6) is 3.19. The summed E-state index contributed by atoms with van der Waals surface area (Å²) in [6.07, 6.45) is 0.